The average molecular weight is 349 g/mol. The number of benzene rings is 1. The Hall–Kier alpha value is -2.93. The summed E-state index contributed by atoms with van der Waals surface area (Å²) >= 11 is 0. The van der Waals surface area contributed by atoms with Crippen LogP contribution in [0.3, 0.4) is 0 Å². The van der Waals surface area contributed by atoms with Gasteiger partial charge in [-0.3, -0.25) is 0 Å². The first-order valence-electron chi connectivity index (χ1n) is 8.78. The zero-order valence-corrected chi connectivity index (χ0v) is 14.8. The molecule has 1 saturated carbocycles. The van der Waals surface area contributed by atoms with E-state index >= 15 is 0 Å². The Bertz CT molecular complexity index is 884. The Labute approximate surface area is 152 Å². The van der Waals surface area contributed by atoms with Crippen LogP contribution in [0.4, 0.5) is 11.8 Å². The molecule has 0 atom stereocenters. The number of hydrogen-bond donors (Lipinski definition) is 2. The normalized spacial score (nSPS) is 19.2. The first-order chi connectivity index (χ1) is 12.6. The minimum absolute atomic E-state index is 0.279. The molecule has 0 spiro atoms. The molecule has 0 bridgehead atoms. The van der Waals surface area contributed by atoms with Gasteiger partial charge in [0.15, 0.2) is 0 Å². The summed E-state index contributed by atoms with van der Waals surface area (Å²) in [7, 11) is 2.00. The first-order valence-corrected chi connectivity index (χ1v) is 8.78. The summed E-state index contributed by atoms with van der Waals surface area (Å²) in [6.07, 6.45) is 5.83. The van der Waals surface area contributed by atoms with Crippen molar-refractivity contribution in [2.75, 3.05) is 17.7 Å². The maximum Gasteiger partial charge on any atom is 0.222 e. The Morgan fingerprint density at radius 3 is 2.69 bits per heavy atom. The fourth-order valence-electron chi connectivity index (χ4n) is 3.30. The molecule has 2 heterocycles. The van der Waals surface area contributed by atoms with E-state index in [1.54, 1.807) is 0 Å². The van der Waals surface area contributed by atoms with E-state index in [9.17, 15) is 0 Å². The number of nitrogens with two attached hydrogens (primary N) is 2. The molecule has 1 fully saturated rings. The topological polar surface area (TPSA) is 98.9 Å². The number of aromatic nitrogens is 4. The van der Waals surface area contributed by atoms with Gasteiger partial charge in [0.05, 0.1) is 17.6 Å². The van der Waals surface area contributed by atoms with Gasteiger partial charge in [0, 0.05) is 43.4 Å². The highest BCUT2D eigenvalue weighted by Gasteiger charge is 2.29. The number of nitrogen functional groups attached to an aromatic ring is 1. The predicted molar refractivity (Wildman–Crippen MR) is 102 cm³/mol. The molecule has 0 aliphatic heterocycles. The third-order valence-corrected chi connectivity index (χ3v) is 4.81. The standard InChI is InChI=1S/C19H23N7/c1-25(11-13-10-22-26(12-13)16-5-3-2-4-6-16)18-9-17(23-19(21)24-18)14-7-15(20)8-14/h2-6,9-10,12,14-15H,7-8,11,20H2,1H3,(H2,21,23,24). The minimum atomic E-state index is 0.279. The number of anilines is 2. The first kappa shape index (κ1) is 16.5. The van der Waals surface area contributed by atoms with Crippen molar-refractivity contribution in [3.8, 4) is 5.69 Å². The summed E-state index contributed by atoms with van der Waals surface area (Å²) in [5, 5.41) is 4.45. The molecule has 0 amide bonds. The molecule has 0 radical (unpaired) electrons. The zero-order chi connectivity index (χ0) is 18.1. The third-order valence-electron chi connectivity index (χ3n) is 4.81. The molecular weight excluding hydrogens is 326 g/mol. The Balaban J connectivity index is 1.50. The molecule has 2 aromatic heterocycles. The van der Waals surface area contributed by atoms with Crippen molar-refractivity contribution >= 4 is 11.8 Å². The molecule has 4 rings (SSSR count). The highest BCUT2D eigenvalue weighted by molar-refractivity contribution is 5.44. The van der Waals surface area contributed by atoms with Crippen molar-refractivity contribution in [2.45, 2.75) is 31.3 Å². The van der Waals surface area contributed by atoms with Crippen LogP contribution in [0.25, 0.3) is 5.69 Å². The van der Waals surface area contributed by atoms with Gasteiger partial charge >= 0.3 is 0 Å². The maximum atomic E-state index is 5.93. The van der Waals surface area contributed by atoms with Gasteiger partial charge in [-0.15, -0.1) is 0 Å². The summed E-state index contributed by atoms with van der Waals surface area (Å²) in [4.78, 5) is 10.8. The van der Waals surface area contributed by atoms with Crippen molar-refractivity contribution in [3.05, 3.63) is 60.0 Å². The summed E-state index contributed by atoms with van der Waals surface area (Å²) in [6.45, 7) is 0.687. The summed E-state index contributed by atoms with van der Waals surface area (Å²) in [5.41, 5.74) is 14.9. The molecule has 134 valence electrons. The van der Waals surface area contributed by atoms with E-state index in [1.807, 2.05) is 60.5 Å². The molecule has 1 aliphatic rings. The lowest BCUT2D eigenvalue weighted by Gasteiger charge is -2.32. The van der Waals surface area contributed by atoms with Crippen LogP contribution in [-0.2, 0) is 6.54 Å². The molecule has 3 aromatic rings. The fraction of sp³-hybridized carbons (Fsp3) is 0.316. The molecule has 7 nitrogen and oxygen atoms in total. The Morgan fingerprint density at radius 2 is 1.96 bits per heavy atom. The number of nitrogens with zero attached hydrogens (tertiary/aromatic N) is 5. The van der Waals surface area contributed by atoms with Crippen LogP contribution in [0.1, 0.15) is 30.0 Å². The maximum absolute atomic E-state index is 5.93. The van der Waals surface area contributed by atoms with Gasteiger partial charge in [-0.1, -0.05) is 18.2 Å². The smallest absolute Gasteiger partial charge is 0.222 e. The van der Waals surface area contributed by atoms with Crippen LogP contribution in [0.2, 0.25) is 0 Å². The molecule has 1 aliphatic carbocycles. The lowest BCUT2D eigenvalue weighted by atomic mass is 9.78. The summed E-state index contributed by atoms with van der Waals surface area (Å²) < 4.78 is 1.87. The van der Waals surface area contributed by atoms with Gasteiger partial charge < -0.3 is 16.4 Å². The summed E-state index contributed by atoms with van der Waals surface area (Å²) in [6, 6.07) is 12.4. The van der Waals surface area contributed by atoms with Crippen molar-refractivity contribution in [2.24, 2.45) is 5.73 Å². The highest BCUT2D eigenvalue weighted by atomic mass is 15.3. The average Bonchev–Trinajstić information content (AvgIpc) is 3.07. The molecule has 26 heavy (non-hydrogen) atoms. The molecule has 7 heteroatoms. The van der Waals surface area contributed by atoms with E-state index in [2.05, 4.69) is 20.0 Å². The van der Waals surface area contributed by atoms with Crippen LogP contribution in [0, 0.1) is 0 Å². The van der Waals surface area contributed by atoms with E-state index in [4.69, 9.17) is 11.5 Å². The predicted octanol–water partition coefficient (Wildman–Crippen LogP) is 2.09. The lowest BCUT2D eigenvalue weighted by molar-refractivity contribution is 0.345. The molecule has 0 saturated heterocycles. The van der Waals surface area contributed by atoms with Crippen molar-refractivity contribution < 1.29 is 0 Å². The van der Waals surface area contributed by atoms with Crippen LogP contribution in [0.5, 0.6) is 0 Å². The van der Waals surface area contributed by atoms with Crippen LogP contribution < -0.4 is 16.4 Å². The van der Waals surface area contributed by atoms with Crippen LogP contribution in [-0.4, -0.2) is 32.8 Å². The third kappa shape index (κ3) is 3.39. The Morgan fingerprint density at radius 1 is 1.19 bits per heavy atom. The molecule has 1 aromatic carbocycles. The van der Waals surface area contributed by atoms with Gasteiger partial charge in [-0.2, -0.15) is 10.1 Å². The van der Waals surface area contributed by atoms with E-state index in [0.717, 1.165) is 35.6 Å². The van der Waals surface area contributed by atoms with Crippen molar-refractivity contribution in [1.82, 2.24) is 19.7 Å². The molecule has 0 unspecified atom stereocenters. The van der Waals surface area contributed by atoms with Crippen molar-refractivity contribution in [1.29, 1.82) is 0 Å². The van der Waals surface area contributed by atoms with E-state index in [1.165, 1.54) is 0 Å². The monoisotopic (exact) mass is 349 g/mol. The number of rotatable bonds is 5. The zero-order valence-electron chi connectivity index (χ0n) is 14.8. The number of para-hydroxylation sites is 1. The van der Waals surface area contributed by atoms with E-state index in [-0.39, 0.29) is 6.04 Å². The molecule has 4 N–H and O–H groups in total. The SMILES string of the molecule is CN(Cc1cnn(-c2ccccc2)c1)c1cc(C2CC(N)C2)nc(N)n1. The molecular formula is C19H23N7. The van der Waals surface area contributed by atoms with Gasteiger partial charge in [0.1, 0.15) is 5.82 Å². The summed E-state index contributed by atoms with van der Waals surface area (Å²) in [5.74, 6) is 1.52. The minimum Gasteiger partial charge on any atom is -0.368 e. The van der Waals surface area contributed by atoms with Gasteiger partial charge in [-0.05, 0) is 25.0 Å². The second-order valence-electron chi connectivity index (χ2n) is 6.92. The van der Waals surface area contributed by atoms with Crippen molar-refractivity contribution in [3.63, 3.8) is 0 Å². The second kappa shape index (κ2) is 6.76. The largest absolute Gasteiger partial charge is 0.368 e. The van der Waals surface area contributed by atoms with Crippen LogP contribution in [0.15, 0.2) is 48.8 Å². The van der Waals surface area contributed by atoms with Gasteiger partial charge in [0.2, 0.25) is 5.95 Å². The highest BCUT2D eigenvalue weighted by Crippen LogP contribution is 2.35. The van der Waals surface area contributed by atoms with E-state index < -0.39 is 0 Å². The van der Waals surface area contributed by atoms with Gasteiger partial charge in [-0.25, -0.2) is 9.67 Å². The second-order valence-corrected chi connectivity index (χ2v) is 6.92. The fourth-order valence-corrected chi connectivity index (χ4v) is 3.30. The van der Waals surface area contributed by atoms with E-state index in [0.29, 0.717) is 18.4 Å². The van der Waals surface area contributed by atoms with Crippen LogP contribution >= 0.6 is 0 Å². The van der Waals surface area contributed by atoms with Gasteiger partial charge in [0.25, 0.3) is 0 Å². The number of hydrogen-bond acceptors (Lipinski definition) is 6. The lowest BCUT2D eigenvalue weighted by Crippen LogP contribution is -2.35. The quantitative estimate of drug-likeness (QED) is 0.732. The Kier molecular flexibility index (Phi) is 4.30.